The van der Waals surface area contributed by atoms with Gasteiger partial charge in [0.15, 0.2) is 0 Å². The van der Waals surface area contributed by atoms with Gasteiger partial charge in [-0.15, -0.1) is 0 Å². The standard InChI is InChI=1S/C11H19N3O3S/c1-9-6-11(13-17-9)8-18(15,16)14-10-4-2-3-5-12-7-10/h6,10,12,14H,2-5,7-8H2,1H3. The lowest BCUT2D eigenvalue weighted by Crippen LogP contribution is -2.41. The topological polar surface area (TPSA) is 84.2 Å². The molecular formula is C11H19N3O3S. The van der Waals surface area contributed by atoms with Crippen LogP contribution in [0.3, 0.4) is 0 Å². The van der Waals surface area contributed by atoms with Crippen LogP contribution in [0, 0.1) is 6.92 Å². The molecule has 1 unspecified atom stereocenters. The molecule has 1 aliphatic heterocycles. The molecule has 0 aromatic carbocycles. The zero-order valence-electron chi connectivity index (χ0n) is 10.5. The third kappa shape index (κ3) is 4.08. The summed E-state index contributed by atoms with van der Waals surface area (Å²) in [5, 5.41) is 6.93. The van der Waals surface area contributed by atoms with Crippen LogP contribution >= 0.6 is 0 Å². The van der Waals surface area contributed by atoms with Gasteiger partial charge in [0.25, 0.3) is 0 Å². The summed E-state index contributed by atoms with van der Waals surface area (Å²) >= 11 is 0. The van der Waals surface area contributed by atoms with Crippen molar-refractivity contribution in [2.75, 3.05) is 13.1 Å². The Morgan fingerprint density at radius 2 is 2.39 bits per heavy atom. The lowest BCUT2D eigenvalue weighted by Gasteiger charge is -2.15. The first-order chi connectivity index (χ1) is 8.55. The average molecular weight is 273 g/mol. The molecule has 1 aromatic heterocycles. The molecule has 1 fully saturated rings. The molecule has 102 valence electrons. The van der Waals surface area contributed by atoms with E-state index in [4.69, 9.17) is 4.52 Å². The van der Waals surface area contributed by atoms with E-state index in [1.54, 1.807) is 13.0 Å². The Balaban J connectivity index is 1.94. The van der Waals surface area contributed by atoms with Gasteiger partial charge < -0.3 is 9.84 Å². The fraction of sp³-hybridized carbons (Fsp3) is 0.727. The minimum Gasteiger partial charge on any atom is -0.361 e. The molecular weight excluding hydrogens is 254 g/mol. The monoisotopic (exact) mass is 273 g/mol. The number of aromatic nitrogens is 1. The van der Waals surface area contributed by atoms with E-state index in [2.05, 4.69) is 15.2 Å². The van der Waals surface area contributed by atoms with Crippen molar-refractivity contribution in [3.8, 4) is 0 Å². The van der Waals surface area contributed by atoms with Crippen LogP contribution in [0.2, 0.25) is 0 Å². The highest BCUT2D eigenvalue weighted by molar-refractivity contribution is 7.88. The van der Waals surface area contributed by atoms with Crippen LogP contribution in [0.4, 0.5) is 0 Å². The number of rotatable bonds is 4. The molecule has 2 N–H and O–H groups in total. The molecule has 0 spiro atoms. The van der Waals surface area contributed by atoms with Crippen LogP contribution in [0.15, 0.2) is 10.6 Å². The summed E-state index contributed by atoms with van der Waals surface area (Å²) in [6.07, 6.45) is 3.02. The summed E-state index contributed by atoms with van der Waals surface area (Å²) in [5.74, 6) is 0.497. The van der Waals surface area contributed by atoms with Gasteiger partial charge in [0.2, 0.25) is 10.0 Å². The first-order valence-electron chi connectivity index (χ1n) is 6.18. The van der Waals surface area contributed by atoms with Crippen LogP contribution in [0.1, 0.15) is 30.7 Å². The smallest absolute Gasteiger partial charge is 0.217 e. The van der Waals surface area contributed by atoms with Crippen LogP contribution in [0.25, 0.3) is 0 Å². The van der Waals surface area contributed by atoms with Gasteiger partial charge in [0.1, 0.15) is 17.2 Å². The van der Waals surface area contributed by atoms with Gasteiger partial charge in [-0.1, -0.05) is 11.6 Å². The summed E-state index contributed by atoms with van der Waals surface area (Å²) in [7, 11) is -3.35. The van der Waals surface area contributed by atoms with Crippen LogP contribution in [-0.2, 0) is 15.8 Å². The molecule has 0 amide bonds. The third-order valence-corrected chi connectivity index (χ3v) is 4.28. The molecule has 0 radical (unpaired) electrons. The molecule has 7 heteroatoms. The minimum atomic E-state index is -3.35. The maximum atomic E-state index is 12.0. The predicted octanol–water partition coefficient (Wildman–Crippen LogP) is 0.545. The van der Waals surface area contributed by atoms with Gasteiger partial charge in [-0.2, -0.15) is 0 Å². The Labute approximate surface area is 107 Å². The SMILES string of the molecule is Cc1cc(CS(=O)(=O)NC2CCCCNC2)no1. The molecule has 0 bridgehead atoms. The number of aryl methyl sites for hydroxylation is 1. The quantitative estimate of drug-likeness (QED) is 0.836. The van der Waals surface area contributed by atoms with E-state index in [9.17, 15) is 8.42 Å². The van der Waals surface area contributed by atoms with Crippen molar-refractivity contribution < 1.29 is 12.9 Å². The molecule has 1 atom stereocenters. The zero-order valence-corrected chi connectivity index (χ0v) is 11.3. The van der Waals surface area contributed by atoms with E-state index in [0.717, 1.165) is 25.8 Å². The van der Waals surface area contributed by atoms with E-state index in [1.165, 1.54) is 0 Å². The first kappa shape index (κ1) is 13.5. The molecule has 1 saturated heterocycles. The Hall–Kier alpha value is -0.920. The predicted molar refractivity (Wildman–Crippen MR) is 67.5 cm³/mol. The van der Waals surface area contributed by atoms with Crippen LogP contribution < -0.4 is 10.0 Å². The molecule has 2 heterocycles. The summed E-state index contributed by atoms with van der Waals surface area (Å²) in [5.41, 5.74) is 0.446. The van der Waals surface area contributed by atoms with Crippen molar-refractivity contribution in [2.45, 2.75) is 38.0 Å². The summed E-state index contributed by atoms with van der Waals surface area (Å²) < 4.78 is 31.5. The molecule has 0 aliphatic carbocycles. The number of nitrogens with one attached hydrogen (secondary N) is 2. The van der Waals surface area contributed by atoms with Crippen LogP contribution in [0.5, 0.6) is 0 Å². The van der Waals surface area contributed by atoms with Crippen molar-refractivity contribution in [3.05, 3.63) is 17.5 Å². The van der Waals surface area contributed by atoms with Gasteiger partial charge in [0, 0.05) is 18.7 Å². The normalized spacial score (nSPS) is 21.7. The summed E-state index contributed by atoms with van der Waals surface area (Å²) in [6, 6.07) is 1.62. The number of sulfonamides is 1. The molecule has 2 rings (SSSR count). The second-order valence-electron chi connectivity index (χ2n) is 4.70. The van der Waals surface area contributed by atoms with Crippen molar-refractivity contribution in [2.24, 2.45) is 0 Å². The minimum absolute atomic E-state index is 0.0227. The summed E-state index contributed by atoms with van der Waals surface area (Å²) in [4.78, 5) is 0. The Bertz CT molecular complexity index is 475. The molecule has 0 saturated carbocycles. The number of hydrogen-bond donors (Lipinski definition) is 2. The van der Waals surface area contributed by atoms with Gasteiger partial charge >= 0.3 is 0 Å². The van der Waals surface area contributed by atoms with E-state index >= 15 is 0 Å². The van der Waals surface area contributed by atoms with Crippen molar-refractivity contribution in [1.29, 1.82) is 0 Å². The highest BCUT2D eigenvalue weighted by Crippen LogP contribution is 2.09. The Morgan fingerprint density at radius 3 is 3.11 bits per heavy atom. The second-order valence-corrected chi connectivity index (χ2v) is 6.46. The summed E-state index contributed by atoms with van der Waals surface area (Å²) in [6.45, 7) is 3.39. The number of nitrogens with zero attached hydrogens (tertiary/aromatic N) is 1. The molecule has 1 aromatic rings. The van der Waals surface area contributed by atoms with Gasteiger partial charge in [0.05, 0.1) is 0 Å². The maximum Gasteiger partial charge on any atom is 0.217 e. The van der Waals surface area contributed by atoms with E-state index < -0.39 is 10.0 Å². The Morgan fingerprint density at radius 1 is 1.56 bits per heavy atom. The fourth-order valence-corrected chi connectivity index (χ4v) is 3.41. The first-order valence-corrected chi connectivity index (χ1v) is 7.83. The van der Waals surface area contributed by atoms with E-state index in [-0.39, 0.29) is 11.8 Å². The van der Waals surface area contributed by atoms with E-state index in [1.807, 2.05) is 0 Å². The van der Waals surface area contributed by atoms with Gasteiger partial charge in [-0.25, -0.2) is 13.1 Å². The second kappa shape index (κ2) is 5.81. The highest BCUT2D eigenvalue weighted by Gasteiger charge is 2.20. The third-order valence-electron chi connectivity index (χ3n) is 2.91. The number of hydrogen-bond acceptors (Lipinski definition) is 5. The lowest BCUT2D eigenvalue weighted by molar-refractivity contribution is 0.392. The van der Waals surface area contributed by atoms with Crippen molar-refractivity contribution >= 4 is 10.0 Å². The van der Waals surface area contributed by atoms with Crippen LogP contribution in [-0.4, -0.2) is 32.7 Å². The zero-order chi connectivity index (χ0) is 13.0. The lowest BCUT2D eigenvalue weighted by atomic mass is 10.2. The molecule has 6 nitrogen and oxygen atoms in total. The fourth-order valence-electron chi connectivity index (χ4n) is 2.10. The van der Waals surface area contributed by atoms with Gasteiger partial charge in [-0.3, -0.25) is 0 Å². The highest BCUT2D eigenvalue weighted by atomic mass is 32.2. The van der Waals surface area contributed by atoms with E-state index in [0.29, 0.717) is 18.0 Å². The average Bonchev–Trinajstić information content (AvgIpc) is 2.52. The largest absolute Gasteiger partial charge is 0.361 e. The van der Waals surface area contributed by atoms with Gasteiger partial charge in [-0.05, 0) is 26.3 Å². The maximum absolute atomic E-state index is 12.0. The van der Waals surface area contributed by atoms with Crippen molar-refractivity contribution in [1.82, 2.24) is 15.2 Å². The Kier molecular flexibility index (Phi) is 4.36. The molecule has 1 aliphatic rings. The molecule has 18 heavy (non-hydrogen) atoms. The van der Waals surface area contributed by atoms with Crippen molar-refractivity contribution in [3.63, 3.8) is 0 Å².